The number of rotatable bonds is 3. The summed E-state index contributed by atoms with van der Waals surface area (Å²) >= 11 is 1.81. The molecule has 14 heavy (non-hydrogen) atoms. The van der Waals surface area contributed by atoms with E-state index in [-0.39, 0.29) is 6.04 Å². The molecule has 0 aromatic rings. The number of alkyl halides is 3. The van der Waals surface area contributed by atoms with Gasteiger partial charge in [0, 0.05) is 12.6 Å². The Hall–Kier alpha value is 0.0600. The second-order valence-electron chi connectivity index (χ2n) is 3.35. The highest BCUT2D eigenvalue weighted by Crippen LogP contribution is 2.21. The van der Waals surface area contributed by atoms with Gasteiger partial charge in [-0.2, -0.15) is 24.9 Å². The van der Waals surface area contributed by atoms with E-state index in [0.717, 1.165) is 24.3 Å². The molecule has 0 saturated carbocycles. The normalized spacial score (nSPS) is 22.3. The van der Waals surface area contributed by atoms with Gasteiger partial charge in [0.2, 0.25) is 0 Å². The summed E-state index contributed by atoms with van der Waals surface area (Å²) in [4.78, 5) is 0. The summed E-state index contributed by atoms with van der Waals surface area (Å²) < 4.78 is 35.7. The van der Waals surface area contributed by atoms with E-state index in [4.69, 9.17) is 5.11 Å². The SMILES string of the molecule is OC(CNC1CCSCC1)C(F)(F)F. The van der Waals surface area contributed by atoms with Gasteiger partial charge in [-0.15, -0.1) is 0 Å². The largest absolute Gasteiger partial charge is 0.415 e. The van der Waals surface area contributed by atoms with Crippen LogP contribution in [-0.4, -0.2) is 41.5 Å². The van der Waals surface area contributed by atoms with Crippen LogP contribution in [0.5, 0.6) is 0 Å². The highest BCUT2D eigenvalue weighted by Gasteiger charge is 2.38. The summed E-state index contributed by atoms with van der Waals surface area (Å²) in [5.41, 5.74) is 0. The smallest absolute Gasteiger partial charge is 0.382 e. The number of nitrogens with one attached hydrogen (secondary N) is 1. The molecule has 0 aromatic heterocycles. The van der Waals surface area contributed by atoms with Crippen molar-refractivity contribution in [2.24, 2.45) is 0 Å². The Kier molecular flexibility index (Phi) is 4.53. The van der Waals surface area contributed by atoms with E-state index in [1.165, 1.54) is 0 Å². The van der Waals surface area contributed by atoms with Gasteiger partial charge in [0.05, 0.1) is 0 Å². The zero-order valence-corrected chi connectivity index (χ0v) is 8.50. The van der Waals surface area contributed by atoms with Gasteiger partial charge in [-0.05, 0) is 24.3 Å². The lowest BCUT2D eigenvalue weighted by Crippen LogP contribution is -2.43. The van der Waals surface area contributed by atoms with E-state index < -0.39 is 18.8 Å². The average Bonchev–Trinajstić information content (AvgIpc) is 2.14. The van der Waals surface area contributed by atoms with Gasteiger partial charge in [-0.1, -0.05) is 0 Å². The van der Waals surface area contributed by atoms with Gasteiger partial charge in [0.1, 0.15) is 0 Å². The Morgan fingerprint density at radius 1 is 1.36 bits per heavy atom. The molecular formula is C8H14F3NOS. The van der Waals surface area contributed by atoms with Crippen molar-refractivity contribution >= 4 is 11.8 Å². The summed E-state index contributed by atoms with van der Waals surface area (Å²) in [6, 6.07) is 0.133. The van der Waals surface area contributed by atoms with E-state index >= 15 is 0 Å². The molecule has 84 valence electrons. The van der Waals surface area contributed by atoms with Crippen molar-refractivity contribution in [3.63, 3.8) is 0 Å². The highest BCUT2D eigenvalue weighted by molar-refractivity contribution is 7.99. The first-order valence-electron chi connectivity index (χ1n) is 4.56. The van der Waals surface area contributed by atoms with Gasteiger partial charge in [-0.3, -0.25) is 0 Å². The van der Waals surface area contributed by atoms with Crippen LogP contribution in [-0.2, 0) is 0 Å². The molecule has 1 fully saturated rings. The first-order valence-corrected chi connectivity index (χ1v) is 5.71. The van der Waals surface area contributed by atoms with Crippen LogP contribution in [0.3, 0.4) is 0 Å². The first-order chi connectivity index (χ1) is 6.50. The highest BCUT2D eigenvalue weighted by atomic mass is 32.2. The van der Waals surface area contributed by atoms with E-state index in [2.05, 4.69) is 5.32 Å². The fraction of sp³-hybridized carbons (Fsp3) is 1.00. The fourth-order valence-corrected chi connectivity index (χ4v) is 2.40. The number of thioether (sulfide) groups is 1. The zero-order valence-electron chi connectivity index (χ0n) is 7.68. The monoisotopic (exact) mass is 229 g/mol. The number of hydrogen-bond acceptors (Lipinski definition) is 3. The van der Waals surface area contributed by atoms with Crippen LogP contribution in [0, 0.1) is 0 Å². The molecule has 1 heterocycles. The van der Waals surface area contributed by atoms with Crippen molar-refractivity contribution in [2.75, 3.05) is 18.1 Å². The van der Waals surface area contributed by atoms with E-state index in [9.17, 15) is 13.2 Å². The molecule has 2 N–H and O–H groups in total. The molecule has 0 radical (unpaired) electrons. The van der Waals surface area contributed by atoms with Crippen molar-refractivity contribution in [2.45, 2.75) is 31.2 Å². The Labute approximate surface area is 85.3 Å². The topological polar surface area (TPSA) is 32.3 Å². The molecule has 0 aliphatic carbocycles. The Morgan fingerprint density at radius 2 is 1.93 bits per heavy atom. The van der Waals surface area contributed by atoms with Crippen LogP contribution in [0.4, 0.5) is 13.2 Å². The van der Waals surface area contributed by atoms with E-state index in [1.807, 2.05) is 11.8 Å². The number of halogens is 3. The first kappa shape index (κ1) is 12.1. The molecule has 1 atom stereocenters. The molecule has 2 nitrogen and oxygen atoms in total. The van der Waals surface area contributed by atoms with Crippen molar-refractivity contribution in [1.29, 1.82) is 0 Å². The van der Waals surface area contributed by atoms with E-state index in [0.29, 0.717) is 0 Å². The lowest BCUT2D eigenvalue weighted by atomic mass is 10.1. The lowest BCUT2D eigenvalue weighted by Gasteiger charge is -2.24. The molecule has 0 aromatic carbocycles. The maximum absolute atomic E-state index is 11.9. The van der Waals surface area contributed by atoms with Crippen LogP contribution >= 0.6 is 11.8 Å². The fourth-order valence-electron chi connectivity index (χ4n) is 1.30. The number of aliphatic hydroxyl groups excluding tert-OH is 1. The lowest BCUT2D eigenvalue weighted by molar-refractivity contribution is -0.202. The quantitative estimate of drug-likeness (QED) is 0.767. The maximum atomic E-state index is 11.9. The predicted molar refractivity (Wildman–Crippen MR) is 50.4 cm³/mol. The second-order valence-corrected chi connectivity index (χ2v) is 4.58. The molecule has 1 rings (SSSR count). The standard InChI is InChI=1S/C8H14F3NOS/c9-8(10,11)7(13)5-12-6-1-3-14-4-2-6/h6-7,12-13H,1-5H2. The van der Waals surface area contributed by atoms with Crippen LogP contribution in [0.1, 0.15) is 12.8 Å². The summed E-state index contributed by atoms with van der Waals surface area (Å²) in [5.74, 6) is 1.97. The molecule has 0 spiro atoms. The summed E-state index contributed by atoms with van der Waals surface area (Å²) in [5, 5.41) is 11.5. The molecule has 1 unspecified atom stereocenters. The summed E-state index contributed by atoms with van der Waals surface area (Å²) in [7, 11) is 0. The minimum atomic E-state index is -4.50. The minimum absolute atomic E-state index is 0.133. The van der Waals surface area contributed by atoms with Crippen molar-refractivity contribution in [1.82, 2.24) is 5.32 Å². The molecule has 0 amide bonds. The van der Waals surface area contributed by atoms with Crippen LogP contribution < -0.4 is 5.32 Å². The Balaban J connectivity index is 2.19. The van der Waals surface area contributed by atoms with Crippen LogP contribution in [0.25, 0.3) is 0 Å². The summed E-state index contributed by atoms with van der Waals surface area (Å²) in [6.07, 6.45) is -4.97. The minimum Gasteiger partial charge on any atom is -0.382 e. The molecule has 1 aliphatic rings. The van der Waals surface area contributed by atoms with Crippen LogP contribution in [0.2, 0.25) is 0 Å². The van der Waals surface area contributed by atoms with Gasteiger partial charge < -0.3 is 10.4 Å². The molecule has 0 bridgehead atoms. The molecule has 1 aliphatic heterocycles. The van der Waals surface area contributed by atoms with Gasteiger partial charge in [0.25, 0.3) is 0 Å². The van der Waals surface area contributed by atoms with Crippen LogP contribution in [0.15, 0.2) is 0 Å². The molecule has 1 saturated heterocycles. The second kappa shape index (κ2) is 5.23. The van der Waals surface area contributed by atoms with Gasteiger partial charge in [0.15, 0.2) is 6.10 Å². The van der Waals surface area contributed by atoms with Crippen molar-refractivity contribution < 1.29 is 18.3 Å². The Morgan fingerprint density at radius 3 is 2.43 bits per heavy atom. The average molecular weight is 229 g/mol. The van der Waals surface area contributed by atoms with Crippen molar-refractivity contribution in [3.05, 3.63) is 0 Å². The molecular weight excluding hydrogens is 215 g/mol. The zero-order chi connectivity index (χ0) is 10.6. The number of aliphatic hydroxyl groups is 1. The van der Waals surface area contributed by atoms with Gasteiger partial charge >= 0.3 is 6.18 Å². The predicted octanol–water partition coefficient (Wildman–Crippen LogP) is 1.39. The van der Waals surface area contributed by atoms with Gasteiger partial charge in [-0.25, -0.2) is 0 Å². The third kappa shape index (κ3) is 4.06. The molecule has 6 heteroatoms. The summed E-state index contributed by atoms with van der Waals surface area (Å²) in [6.45, 7) is -0.390. The third-order valence-corrected chi connectivity index (χ3v) is 3.25. The Bertz CT molecular complexity index is 170. The third-order valence-electron chi connectivity index (χ3n) is 2.20. The van der Waals surface area contributed by atoms with Crippen molar-refractivity contribution in [3.8, 4) is 0 Å². The number of hydrogen-bond donors (Lipinski definition) is 2. The maximum Gasteiger partial charge on any atom is 0.415 e. The van der Waals surface area contributed by atoms with E-state index in [1.54, 1.807) is 0 Å².